The molecular weight excluding hydrogens is 154 g/mol. The van der Waals surface area contributed by atoms with Gasteiger partial charge in [0.15, 0.2) is 0 Å². The molecule has 0 radical (unpaired) electrons. The molecule has 0 aromatic heterocycles. The Bertz CT molecular complexity index is 307. The molecule has 1 rings (SSSR count). The summed E-state index contributed by atoms with van der Waals surface area (Å²) in [5, 5.41) is 9.28. The number of rotatable bonds is 2. The third kappa shape index (κ3) is 1.99. The zero-order valence-corrected chi connectivity index (χ0v) is 6.87. The molecule has 64 valence electrons. The second-order valence-corrected chi connectivity index (χ2v) is 2.77. The maximum absolute atomic E-state index is 10.7. The number of anilines is 1. The van der Waals surface area contributed by atoms with Gasteiger partial charge in [-0.25, -0.2) is 0 Å². The van der Waals surface area contributed by atoms with Crippen LogP contribution in [0.15, 0.2) is 18.2 Å². The summed E-state index contributed by atoms with van der Waals surface area (Å²) in [4.78, 5) is 10.7. The molecule has 0 aliphatic heterocycles. The van der Waals surface area contributed by atoms with Crippen LogP contribution < -0.4 is 5.73 Å². The number of phenolic OH excluding ortho intramolecular Hbond substituents is 1. The Kier molecular flexibility index (Phi) is 2.33. The number of carbonyl (C=O) groups is 1. The van der Waals surface area contributed by atoms with Crippen molar-refractivity contribution in [3.8, 4) is 5.75 Å². The van der Waals surface area contributed by atoms with Crippen molar-refractivity contribution in [2.75, 3.05) is 5.73 Å². The third-order valence-corrected chi connectivity index (χ3v) is 1.54. The van der Waals surface area contributed by atoms with Crippen molar-refractivity contribution in [1.29, 1.82) is 0 Å². The van der Waals surface area contributed by atoms with E-state index in [0.717, 1.165) is 0 Å². The molecule has 0 fully saturated rings. The molecular formula is C9H11NO2. The Hall–Kier alpha value is -1.51. The fourth-order valence-corrected chi connectivity index (χ4v) is 1.02. The van der Waals surface area contributed by atoms with Crippen molar-refractivity contribution in [1.82, 2.24) is 0 Å². The lowest BCUT2D eigenvalue weighted by Crippen LogP contribution is -1.97. The van der Waals surface area contributed by atoms with E-state index in [-0.39, 0.29) is 18.0 Å². The van der Waals surface area contributed by atoms with E-state index in [1.807, 2.05) is 0 Å². The van der Waals surface area contributed by atoms with E-state index in [2.05, 4.69) is 0 Å². The molecule has 0 unspecified atom stereocenters. The van der Waals surface area contributed by atoms with Crippen LogP contribution in [0, 0.1) is 0 Å². The zero-order chi connectivity index (χ0) is 9.14. The van der Waals surface area contributed by atoms with Gasteiger partial charge in [-0.05, 0) is 25.1 Å². The summed E-state index contributed by atoms with van der Waals surface area (Å²) in [6.45, 7) is 1.47. The van der Waals surface area contributed by atoms with Crippen molar-refractivity contribution in [3.63, 3.8) is 0 Å². The first-order chi connectivity index (χ1) is 5.59. The highest BCUT2D eigenvalue weighted by Gasteiger charge is 2.03. The maximum atomic E-state index is 10.7. The van der Waals surface area contributed by atoms with Gasteiger partial charge in [0.1, 0.15) is 11.5 Å². The summed E-state index contributed by atoms with van der Waals surface area (Å²) in [5.74, 6) is 0.135. The first-order valence-electron chi connectivity index (χ1n) is 3.66. The molecule has 12 heavy (non-hydrogen) atoms. The molecule has 0 aliphatic rings. The molecule has 3 N–H and O–H groups in total. The van der Waals surface area contributed by atoms with Crippen LogP contribution in [0.2, 0.25) is 0 Å². The van der Waals surface area contributed by atoms with E-state index in [1.165, 1.54) is 13.0 Å². The molecule has 3 nitrogen and oxygen atoms in total. The van der Waals surface area contributed by atoms with E-state index in [9.17, 15) is 9.90 Å². The number of Topliss-reactive ketones (excluding diaryl/α,β-unsaturated/α-hetero) is 1. The van der Waals surface area contributed by atoms with Gasteiger partial charge in [0.25, 0.3) is 0 Å². The van der Waals surface area contributed by atoms with Gasteiger partial charge in [-0.2, -0.15) is 0 Å². The number of nitrogens with two attached hydrogens (primary N) is 1. The average molecular weight is 165 g/mol. The lowest BCUT2D eigenvalue weighted by atomic mass is 10.1. The van der Waals surface area contributed by atoms with Crippen LogP contribution in [0.3, 0.4) is 0 Å². The predicted molar refractivity (Wildman–Crippen MR) is 46.9 cm³/mol. The lowest BCUT2D eigenvalue weighted by Gasteiger charge is -2.02. The number of nitrogen functional groups attached to an aromatic ring is 1. The SMILES string of the molecule is CC(=O)Cc1cc(N)ccc1O. The maximum Gasteiger partial charge on any atom is 0.134 e. The van der Waals surface area contributed by atoms with Gasteiger partial charge in [0, 0.05) is 17.7 Å². The monoisotopic (exact) mass is 165 g/mol. The quantitative estimate of drug-likeness (QED) is 0.509. The number of benzene rings is 1. The van der Waals surface area contributed by atoms with Crippen molar-refractivity contribution in [2.45, 2.75) is 13.3 Å². The Morgan fingerprint density at radius 3 is 2.83 bits per heavy atom. The molecule has 3 heteroatoms. The highest BCUT2D eigenvalue weighted by Crippen LogP contribution is 2.20. The molecule has 1 aromatic rings. The number of aromatic hydroxyl groups is 1. The van der Waals surface area contributed by atoms with E-state index in [1.54, 1.807) is 12.1 Å². The van der Waals surface area contributed by atoms with Crippen LogP contribution in [0.25, 0.3) is 0 Å². The van der Waals surface area contributed by atoms with Gasteiger partial charge in [-0.1, -0.05) is 0 Å². The van der Waals surface area contributed by atoms with Crippen molar-refractivity contribution in [2.24, 2.45) is 0 Å². The van der Waals surface area contributed by atoms with Crippen LogP contribution in [0.5, 0.6) is 5.75 Å². The van der Waals surface area contributed by atoms with Crippen LogP contribution in [0.4, 0.5) is 5.69 Å². The summed E-state index contributed by atoms with van der Waals surface area (Å²) in [6, 6.07) is 4.70. The molecule has 0 spiro atoms. The standard InChI is InChI=1S/C9H11NO2/c1-6(11)4-7-5-8(10)2-3-9(7)12/h2-3,5,12H,4,10H2,1H3. The molecule has 0 atom stereocenters. The third-order valence-electron chi connectivity index (χ3n) is 1.54. The fourth-order valence-electron chi connectivity index (χ4n) is 1.02. The number of hydrogen-bond donors (Lipinski definition) is 2. The van der Waals surface area contributed by atoms with Crippen LogP contribution in [-0.2, 0) is 11.2 Å². The van der Waals surface area contributed by atoms with Crippen molar-refractivity contribution in [3.05, 3.63) is 23.8 Å². The van der Waals surface area contributed by atoms with Crippen LogP contribution >= 0.6 is 0 Å². The normalized spacial score (nSPS) is 9.75. The van der Waals surface area contributed by atoms with Gasteiger partial charge in [-0.3, -0.25) is 4.79 Å². The second kappa shape index (κ2) is 3.26. The van der Waals surface area contributed by atoms with E-state index in [4.69, 9.17) is 5.73 Å². The fraction of sp³-hybridized carbons (Fsp3) is 0.222. The largest absolute Gasteiger partial charge is 0.508 e. The second-order valence-electron chi connectivity index (χ2n) is 2.77. The van der Waals surface area contributed by atoms with E-state index >= 15 is 0 Å². The molecule has 0 bridgehead atoms. The first kappa shape index (κ1) is 8.59. The molecule has 0 amide bonds. The first-order valence-corrected chi connectivity index (χ1v) is 3.66. The van der Waals surface area contributed by atoms with Gasteiger partial charge in [0.05, 0.1) is 0 Å². The molecule has 0 saturated heterocycles. The smallest absolute Gasteiger partial charge is 0.134 e. The highest BCUT2D eigenvalue weighted by atomic mass is 16.3. The molecule has 0 saturated carbocycles. The average Bonchev–Trinajstić information content (AvgIpc) is 1.96. The summed E-state index contributed by atoms with van der Waals surface area (Å²) >= 11 is 0. The van der Waals surface area contributed by atoms with E-state index in [0.29, 0.717) is 11.3 Å². The van der Waals surface area contributed by atoms with Gasteiger partial charge >= 0.3 is 0 Å². The van der Waals surface area contributed by atoms with Gasteiger partial charge in [0.2, 0.25) is 0 Å². The number of carbonyl (C=O) groups excluding carboxylic acids is 1. The Morgan fingerprint density at radius 1 is 1.58 bits per heavy atom. The molecule has 0 heterocycles. The van der Waals surface area contributed by atoms with Crippen LogP contribution in [-0.4, -0.2) is 10.9 Å². The predicted octanol–water partition coefficient (Wildman–Crippen LogP) is 1.11. The molecule has 0 aliphatic carbocycles. The minimum absolute atomic E-state index is 0.0101. The number of hydrogen-bond acceptors (Lipinski definition) is 3. The minimum Gasteiger partial charge on any atom is -0.508 e. The van der Waals surface area contributed by atoms with Crippen molar-refractivity contribution < 1.29 is 9.90 Å². The van der Waals surface area contributed by atoms with Crippen LogP contribution in [0.1, 0.15) is 12.5 Å². The Labute approximate surface area is 70.8 Å². The van der Waals surface area contributed by atoms with E-state index < -0.39 is 0 Å². The Balaban J connectivity index is 2.97. The summed E-state index contributed by atoms with van der Waals surface area (Å²) in [5.41, 5.74) is 6.63. The lowest BCUT2D eigenvalue weighted by molar-refractivity contribution is -0.116. The Morgan fingerprint density at radius 2 is 2.25 bits per heavy atom. The van der Waals surface area contributed by atoms with Gasteiger partial charge in [-0.15, -0.1) is 0 Å². The topological polar surface area (TPSA) is 63.3 Å². The number of phenols is 1. The highest BCUT2D eigenvalue weighted by molar-refractivity contribution is 5.79. The summed E-state index contributed by atoms with van der Waals surface area (Å²) in [6.07, 6.45) is 0.233. The van der Waals surface area contributed by atoms with Crippen molar-refractivity contribution >= 4 is 11.5 Å². The minimum atomic E-state index is 0.0101. The summed E-state index contributed by atoms with van der Waals surface area (Å²) in [7, 11) is 0. The number of ketones is 1. The van der Waals surface area contributed by atoms with Gasteiger partial charge < -0.3 is 10.8 Å². The molecule has 1 aromatic carbocycles. The summed E-state index contributed by atoms with van der Waals surface area (Å²) < 4.78 is 0. The zero-order valence-electron chi connectivity index (χ0n) is 6.87.